The molecule has 0 aliphatic rings. The van der Waals surface area contributed by atoms with Crippen molar-refractivity contribution in [3.05, 3.63) is 159 Å². The molecule has 0 spiro atoms. The Bertz CT molecular complexity index is 3540. The number of thiazole rings is 2. The van der Waals surface area contributed by atoms with Crippen LogP contribution >= 0.6 is 22.7 Å². The maximum Gasteiger partial charge on any atom is 0.229 e. The van der Waals surface area contributed by atoms with Crippen LogP contribution in [0.15, 0.2) is 167 Å². The first-order valence-electron chi connectivity index (χ1n) is 19.0. The zero-order valence-electron chi connectivity index (χ0n) is 31.2. The lowest BCUT2D eigenvalue weighted by Gasteiger charge is -2.08. The van der Waals surface area contributed by atoms with Gasteiger partial charge in [-0.05, 0) is 72.8 Å². The Labute approximate surface area is 348 Å². The van der Waals surface area contributed by atoms with Gasteiger partial charge in [0.2, 0.25) is 11.8 Å². The monoisotopic (exact) mass is 810 g/mol. The smallest absolute Gasteiger partial charge is 0.229 e. The Kier molecular flexibility index (Phi) is 7.96. The minimum absolute atomic E-state index is 0.427. The van der Waals surface area contributed by atoms with Crippen LogP contribution in [0.4, 0.5) is 0 Å². The van der Waals surface area contributed by atoms with E-state index in [0.29, 0.717) is 45.5 Å². The topological polar surface area (TPSA) is 129 Å². The highest BCUT2D eigenvalue weighted by Crippen LogP contribution is 2.42. The van der Waals surface area contributed by atoms with Crippen LogP contribution < -0.4 is 0 Å². The number of nitrogens with zero attached hydrogens (tertiary/aromatic N) is 8. The van der Waals surface area contributed by atoms with Crippen LogP contribution in [-0.2, 0) is 0 Å². The van der Waals surface area contributed by atoms with Crippen LogP contribution in [0.5, 0.6) is 0 Å². The third kappa shape index (κ3) is 5.84. The van der Waals surface area contributed by atoms with Crippen molar-refractivity contribution in [2.24, 2.45) is 0 Å². The lowest BCUT2D eigenvalue weighted by atomic mass is 10.0. The van der Waals surface area contributed by atoms with E-state index in [2.05, 4.69) is 40.3 Å². The number of benzene rings is 4. The Morgan fingerprint density at radius 2 is 0.983 bits per heavy atom. The molecule has 0 aliphatic carbocycles. The predicted octanol–water partition coefficient (Wildman–Crippen LogP) is 12.4. The SMILES string of the molecule is c1cnc(-c2ncccc2-c2nc3cccc(-c4cccc5nc(-c6cncc(-c7cncc(-c8nc9ccccc9s8)c7)c6)sc45)c3o2)c(-c2nc3ccccc3o2)c1. The molecule has 4 aromatic carbocycles. The van der Waals surface area contributed by atoms with Gasteiger partial charge >= 0.3 is 0 Å². The third-order valence-corrected chi connectivity index (χ3v) is 12.6. The zero-order chi connectivity index (χ0) is 39.6. The Morgan fingerprint density at radius 3 is 1.72 bits per heavy atom. The number of para-hydroxylation sites is 4. The highest BCUT2D eigenvalue weighted by molar-refractivity contribution is 7.22. The van der Waals surface area contributed by atoms with Gasteiger partial charge in [-0.1, -0.05) is 48.5 Å². The van der Waals surface area contributed by atoms with Crippen LogP contribution in [-0.4, -0.2) is 39.9 Å². The molecular formula is C48H26N8O2S2. The summed E-state index contributed by atoms with van der Waals surface area (Å²) in [6.07, 6.45) is 10.9. The molecule has 282 valence electrons. The molecule has 60 heavy (non-hydrogen) atoms. The first-order valence-corrected chi connectivity index (χ1v) is 20.7. The Balaban J connectivity index is 0.909. The average Bonchev–Trinajstić information content (AvgIpc) is 4.13. The lowest BCUT2D eigenvalue weighted by Crippen LogP contribution is -1.94. The first kappa shape index (κ1) is 34.3. The predicted molar refractivity (Wildman–Crippen MR) is 237 cm³/mol. The van der Waals surface area contributed by atoms with E-state index < -0.39 is 0 Å². The van der Waals surface area contributed by atoms with Crippen molar-refractivity contribution in [2.75, 3.05) is 0 Å². The summed E-state index contributed by atoms with van der Waals surface area (Å²) in [6.45, 7) is 0. The summed E-state index contributed by atoms with van der Waals surface area (Å²) in [6, 6.07) is 39.9. The molecular weight excluding hydrogens is 785 g/mol. The Hall–Kier alpha value is -7.80. The van der Waals surface area contributed by atoms with Crippen molar-refractivity contribution >= 4 is 65.3 Å². The van der Waals surface area contributed by atoms with E-state index in [0.717, 1.165) is 74.9 Å². The van der Waals surface area contributed by atoms with Crippen molar-refractivity contribution in [3.8, 4) is 77.7 Å². The summed E-state index contributed by atoms with van der Waals surface area (Å²) < 4.78 is 15.0. The van der Waals surface area contributed by atoms with E-state index >= 15 is 0 Å². The van der Waals surface area contributed by atoms with Crippen molar-refractivity contribution in [3.63, 3.8) is 0 Å². The van der Waals surface area contributed by atoms with Crippen LogP contribution in [0.2, 0.25) is 0 Å². The van der Waals surface area contributed by atoms with Crippen LogP contribution in [0.25, 0.3) is 120 Å². The highest BCUT2D eigenvalue weighted by atomic mass is 32.1. The summed E-state index contributed by atoms with van der Waals surface area (Å²) in [7, 11) is 0. The van der Waals surface area contributed by atoms with Crippen molar-refractivity contribution in [2.45, 2.75) is 0 Å². The van der Waals surface area contributed by atoms with Gasteiger partial charge in [-0.15, -0.1) is 22.7 Å². The molecule has 8 aromatic heterocycles. The largest absolute Gasteiger partial charge is 0.436 e. The number of fused-ring (bicyclic) bond motifs is 4. The van der Waals surface area contributed by atoms with Crippen molar-refractivity contribution in [1.29, 1.82) is 0 Å². The number of rotatable bonds is 7. The summed E-state index contributed by atoms with van der Waals surface area (Å²) in [5.41, 5.74) is 13.0. The summed E-state index contributed by atoms with van der Waals surface area (Å²) >= 11 is 3.28. The van der Waals surface area contributed by atoms with Gasteiger partial charge in [0.25, 0.3) is 0 Å². The number of hydrogen-bond acceptors (Lipinski definition) is 12. The van der Waals surface area contributed by atoms with Crippen LogP contribution in [0.1, 0.15) is 0 Å². The van der Waals surface area contributed by atoms with Crippen molar-refractivity contribution < 1.29 is 8.83 Å². The molecule has 0 radical (unpaired) electrons. The van der Waals surface area contributed by atoms with E-state index in [-0.39, 0.29) is 0 Å². The summed E-state index contributed by atoms with van der Waals surface area (Å²) in [5.74, 6) is 0.888. The normalized spacial score (nSPS) is 11.7. The molecule has 12 aromatic rings. The van der Waals surface area contributed by atoms with Gasteiger partial charge in [0.05, 0.1) is 31.6 Å². The second-order valence-electron chi connectivity index (χ2n) is 14.0. The summed E-state index contributed by atoms with van der Waals surface area (Å²) in [4.78, 5) is 38.5. The fourth-order valence-corrected chi connectivity index (χ4v) is 9.53. The van der Waals surface area contributed by atoms with E-state index in [1.807, 2.05) is 116 Å². The number of aromatic nitrogens is 8. The molecule has 12 heteroatoms. The number of hydrogen-bond donors (Lipinski definition) is 0. The molecule has 0 saturated carbocycles. The molecule has 0 N–H and O–H groups in total. The molecule has 0 atom stereocenters. The van der Waals surface area contributed by atoms with E-state index in [9.17, 15) is 0 Å². The average molecular weight is 811 g/mol. The number of oxazole rings is 2. The lowest BCUT2D eigenvalue weighted by molar-refractivity contribution is 0.618. The molecule has 8 heterocycles. The van der Waals surface area contributed by atoms with Gasteiger partial charge in [-0.2, -0.15) is 0 Å². The van der Waals surface area contributed by atoms with Gasteiger partial charge < -0.3 is 8.83 Å². The van der Waals surface area contributed by atoms with Crippen LogP contribution in [0, 0.1) is 0 Å². The minimum atomic E-state index is 0.427. The fourth-order valence-electron chi connectivity index (χ4n) is 7.51. The van der Waals surface area contributed by atoms with Crippen LogP contribution in [0.3, 0.4) is 0 Å². The van der Waals surface area contributed by atoms with E-state index in [4.69, 9.17) is 38.7 Å². The third-order valence-electron chi connectivity index (χ3n) is 10.3. The van der Waals surface area contributed by atoms with Gasteiger partial charge in [0.15, 0.2) is 11.2 Å². The van der Waals surface area contributed by atoms with E-state index in [1.54, 1.807) is 35.1 Å². The maximum atomic E-state index is 6.71. The quantitative estimate of drug-likeness (QED) is 0.153. The molecule has 0 saturated heterocycles. The second-order valence-corrected chi connectivity index (χ2v) is 16.1. The molecule has 0 unspecified atom stereocenters. The molecule has 0 fully saturated rings. The zero-order valence-corrected chi connectivity index (χ0v) is 32.9. The van der Waals surface area contributed by atoms with Gasteiger partial charge in [-0.3, -0.25) is 19.9 Å². The molecule has 0 amide bonds. The molecule has 10 nitrogen and oxygen atoms in total. The van der Waals surface area contributed by atoms with Gasteiger partial charge in [0, 0.05) is 70.6 Å². The Morgan fingerprint density at radius 1 is 0.417 bits per heavy atom. The highest BCUT2D eigenvalue weighted by Gasteiger charge is 2.23. The second kappa shape index (κ2) is 13.9. The minimum Gasteiger partial charge on any atom is -0.436 e. The maximum absolute atomic E-state index is 6.71. The fraction of sp³-hybridized carbons (Fsp3) is 0. The standard InChI is InChI=1S/C48H26N8O2S2/c1-3-17-39-35(13-1)53-45(57-39)33-11-7-19-51-41(33)42-34(12-8-20-52-42)46-54-37-15-5-9-31(43(37)58-46)32-10-6-16-38-44(32)60-48(56-38)30-22-28(24-50-26-30)27-21-29(25-49-23-27)47-55-36-14-2-4-18-40(36)59-47/h1-26H. The van der Waals surface area contributed by atoms with Gasteiger partial charge in [-0.25, -0.2) is 19.9 Å². The molecule has 12 rings (SSSR count). The molecule has 0 bridgehead atoms. The first-order chi connectivity index (χ1) is 29.7. The van der Waals surface area contributed by atoms with Gasteiger partial charge in [0.1, 0.15) is 32.4 Å². The number of pyridine rings is 4. The van der Waals surface area contributed by atoms with Crippen molar-refractivity contribution in [1.82, 2.24) is 39.9 Å². The summed E-state index contributed by atoms with van der Waals surface area (Å²) in [5, 5.41) is 1.79. The van der Waals surface area contributed by atoms with E-state index in [1.165, 1.54) is 0 Å². The molecule has 0 aliphatic heterocycles.